The van der Waals surface area contributed by atoms with E-state index in [4.69, 9.17) is 0 Å². The Balaban J connectivity index is 2.24. The Morgan fingerprint density at radius 1 is 1.36 bits per heavy atom. The first kappa shape index (κ1) is 9.59. The van der Waals surface area contributed by atoms with Gasteiger partial charge in [0, 0.05) is 18.5 Å². The molecule has 1 heterocycles. The van der Waals surface area contributed by atoms with Gasteiger partial charge in [0.15, 0.2) is 0 Å². The van der Waals surface area contributed by atoms with Gasteiger partial charge < -0.3 is 4.90 Å². The molecule has 0 saturated carbocycles. The molecule has 1 atom stereocenters. The number of hydrogen-bond acceptors (Lipinski definition) is 1. The second kappa shape index (κ2) is 3.65. The molecule has 0 N–H and O–H groups in total. The number of nitrogens with zero attached hydrogens (tertiary/aromatic N) is 1. The molecule has 1 aromatic rings. The van der Waals surface area contributed by atoms with Crippen molar-refractivity contribution >= 4 is 0 Å². The Hall–Kier alpha value is -0.960. The first-order valence-corrected chi connectivity index (χ1v) is 4.80. The van der Waals surface area contributed by atoms with Gasteiger partial charge in [-0.3, -0.25) is 0 Å². The predicted molar refractivity (Wildman–Crippen MR) is 51.2 cm³/mol. The highest BCUT2D eigenvalue weighted by molar-refractivity contribution is 5.23. The number of likely N-dealkylation sites (tertiary alicyclic amines) is 1. The Morgan fingerprint density at radius 2 is 2.14 bits per heavy atom. The maximum atomic E-state index is 13.4. The predicted octanol–water partition coefficient (Wildman–Crippen LogP) is 2.38. The summed E-state index contributed by atoms with van der Waals surface area (Å²) in [5, 5.41) is 0. The van der Waals surface area contributed by atoms with E-state index in [2.05, 4.69) is 4.90 Å². The van der Waals surface area contributed by atoms with Gasteiger partial charge in [0.1, 0.15) is 11.6 Å². The van der Waals surface area contributed by atoms with Crippen molar-refractivity contribution in [3.63, 3.8) is 0 Å². The van der Waals surface area contributed by atoms with Crippen LogP contribution in [0.2, 0.25) is 0 Å². The van der Waals surface area contributed by atoms with Crippen molar-refractivity contribution in [1.82, 2.24) is 4.90 Å². The lowest BCUT2D eigenvalue weighted by atomic mass is 9.98. The van der Waals surface area contributed by atoms with Gasteiger partial charge >= 0.3 is 0 Å². The first-order chi connectivity index (χ1) is 6.66. The van der Waals surface area contributed by atoms with E-state index in [1.807, 2.05) is 7.05 Å². The van der Waals surface area contributed by atoms with E-state index in [-0.39, 0.29) is 5.92 Å². The quantitative estimate of drug-likeness (QED) is 0.668. The van der Waals surface area contributed by atoms with E-state index < -0.39 is 11.6 Å². The summed E-state index contributed by atoms with van der Waals surface area (Å²) < 4.78 is 26.0. The van der Waals surface area contributed by atoms with Crippen LogP contribution in [0.5, 0.6) is 0 Å². The zero-order valence-electron chi connectivity index (χ0n) is 8.13. The molecule has 0 spiro atoms. The minimum absolute atomic E-state index is 0.223. The van der Waals surface area contributed by atoms with E-state index in [0.29, 0.717) is 5.56 Å². The topological polar surface area (TPSA) is 3.24 Å². The molecule has 0 aliphatic carbocycles. The van der Waals surface area contributed by atoms with Crippen molar-refractivity contribution in [3.05, 3.63) is 35.4 Å². The van der Waals surface area contributed by atoms with Crippen molar-refractivity contribution in [2.75, 3.05) is 20.1 Å². The smallest absolute Gasteiger partial charge is 0.129 e. The average molecular weight is 197 g/mol. The number of halogens is 2. The first-order valence-electron chi connectivity index (χ1n) is 4.80. The zero-order chi connectivity index (χ0) is 10.1. The Labute approximate surface area is 82.3 Å². The van der Waals surface area contributed by atoms with Gasteiger partial charge in [-0.1, -0.05) is 6.07 Å². The van der Waals surface area contributed by atoms with Crippen LogP contribution in [0.15, 0.2) is 18.2 Å². The van der Waals surface area contributed by atoms with E-state index >= 15 is 0 Å². The highest BCUT2D eigenvalue weighted by Crippen LogP contribution is 2.28. The van der Waals surface area contributed by atoms with Gasteiger partial charge in [0.25, 0.3) is 0 Å². The van der Waals surface area contributed by atoms with Crippen LogP contribution in [-0.2, 0) is 0 Å². The van der Waals surface area contributed by atoms with Crippen LogP contribution in [-0.4, -0.2) is 25.0 Å². The summed E-state index contributed by atoms with van der Waals surface area (Å²) >= 11 is 0. The molecule has 1 nitrogen and oxygen atoms in total. The van der Waals surface area contributed by atoms with Crippen LogP contribution in [0.4, 0.5) is 8.78 Å². The summed E-state index contributed by atoms with van der Waals surface area (Å²) in [7, 11) is 2.02. The standard InChI is InChI=1S/C11H13F2N/c1-14-5-4-8(7-14)10-3-2-9(12)6-11(10)13/h2-3,6,8H,4-5,7H2,1H3/t8-/m0/s1. The largest absolute Gasteiger partial charge is 0.306 e. The molecular weight excluding hydrogens is 184 g/mol. The van der Waals surface area contributed by atoms with E-state index in [1.54, 1.807) is 6.07 Å². The molecule has 1 saturated heterocycles. The Bertz CT molecular complexity index is 338. The Kier molecular flexibility index (Phi) is 2.50. The van der Waals surface area contributed by atoms with Gasteiger partial charge in [-0.05, 0) is 31.6 Å². The molecule has 0 aromatic heterocycles. The molecule has 1 aromatic carbocycles. The van der Waals surface area contributed by atoms with Crippen LogP contribution < -0.4 is 0 Å². The van der Waals surface area contributed by atoms with Gasteiger partial charge in [-0.2, -0.15) is 0 Å². The highest BCUT2D eigenvalue weighted by atomic mass is 19.1. The fourth-order valence-electron chi connectivity index (χ4n) is 2.02. The molecule has 0 amide bonds. The lowest BCUT2D eigenvalue weighted by molar-refractivity contribution is 0.409. The SMILES string of the molecule is CN1CC[C@H](c2ccc(F)cc2F)C1. The third-order valence-corrected chi connectivity index (χ3v) is 2.79. The molecule has 1 aliphatic heterocycles. The number of likely N-dealkylation sites (N-methyl/N-ethyl adjacent to an activating group) is 1. The number of benzene rings is 1. The molecule has 1 fully saturated rings. The number of rotatable bonds is 1. The number of hydrogen-bond donors (Lipinski definition) is 0. The summed E-state index contributed by atoms with van der Waals surface area (Å²) in [6.07, 6.45) is 0.957. The minimum Gasteiger partial charge on any atom is -0.306 e. The van der Waals surface area contributed by atoms with Crippen molar-refractivity contribution < 1.29 is 8.78 Å². The van der Waals surface area contributed by atoms with Crippen molar-refractivity contribution in [3.8, 4) is 0 Å². The summed E-state index contributed by atoms with van der Waals surface area (Å²) in [6, 6.07) is 3.86. The molecule has 3 heteroatoms. The fourth-order valence-corrected chi connectivity index (χ4v) is 2.02. The van der Waals surface area contributed by atoms with Crippen molar-refractivity contribution in [2.45, 2.75) is 12.3 Å². The normalized spacial score (nSPS) is 22.9. The molecule has 2 rings (SSSR count). The molecular formula is C11H13F2N. The third-order valence-electron chi connectivity index (χ3n) is 2.79. The van der Waals surface area contributed by atoms with Crippen LogP contribution in [0, 0.1) is 11.6 Å². The van der Waals surface area contributed by atoms with E-state index in [9.17, 15) is 8.78 Å². The second-order valence-electron chi connectivity index (χ2n) is 3.91. The Morgan fingerprint density at radius 3 is 2.71 bits per heavy atom. The van der Waals surface area contributed by atoms with Crippen LogP contribution in [0.3, 0.4) is 0 Å². The van der Waals surface area contributed by atoms with Gasteiger partial charge in [0.2, 0.25) is 0 Å². The fraction of sp³-hybridized carbons (Fsp3) is 0.455. The lowest BCUT2D eigenvalue weighted by Crippen LogP contribution is -2.13. The van der Waals surface area contributed by atoms with Crippen LogP contribution in [0.1, 0.15) is 17.9 Å². The molecule has 76 valence electrons. The molecule has 1 aliphatic rings. The summed E-state index contributed by atoms with van der Waals surface area (Å²) in [5.41, 5.74) is 0.649. The van der Waals surface area contributed by atoms with E-state index in [1.165, 1.54) is 6.07 Å². The third kappa shape index (κ3) is 1.77. The highest BCUT2D eigenvalue weighted by Gasteiger charge is 2.23. The van der Waals surface area contributed by atoms with Gasteiger partial charge in [-0.25, -0.2) is 8.78 Å². The van der Waals surface area contributed by atoms with Crippen molar-refractivity contribution in [2.24, 2.45) is 0 Å². The summed E-state index contributed by atoms with van der Waals surface area (Å²) in [6.45, 7) is 1.85. The molecule has 0 radical (unpaired) electrons. The van der Waals surface area contributed by atoms with Crippen molar-refractivity contribution in [1.29, 1.82) is 0 Å². The molecule has 0 bridgehead atoms. The maximum absolute atomic E-state index is 13.4. The van der Waals surface area contributed by atoms with Gasteiger partial charge in [0.05, 0.1) is 0 Å². The van der Waals surface area contributed by atoms with Gasteiger partial charge in [-0.15, -0.1) is 0 Å². The molecule has 14 heavy (non-hydrogen) atoms. The summed E-state index contributed by atoms with van der Waals surface area (Å²) in [5.74, 6) is -0.691. The minimum atomic E-state index is -0.502. The lowest BCUT2D eigenvalue weighted by Gasteiger charge is -2.11. The zero-order valence-corrected chi connectivity index (χ0v) is 8.13. The average Bonchev–Trinajstić information content (AvgIpc) is 2.51. The molecule has 0 unspecified atom stereocenters. The maximum Gasteiger partial charge on any atom is 0.129 e. The van der Waals surface area contributed by atoms with Crippen LogP contribution >= 0.6 is 0 Å². The summed E-state index contributed by atoms with van der Waals surface area (Å²) in [4.78, 5) is 2.16. The van der Waals surface area contributed by atoms with Crippen LogP contribution in [0.25, 0.3) is 0 Å². The van der Waals surface area contributed by atoms with E-state index in [0.717, 1.165) is 25.6 Å². The second-order valence-corrected chi connectivity index (χ2v) is 3.91. The monoisotopic (exact) mass is 197 g/mol.